The molecule has 9 nitrogen and oxygen atoms in total. The molecule has 5 N–H and O–H groups in total. The maximum Gasteiger partial charge on any atom is 0.251 e. The molecule has 1 aliphatic heterocycles. The van der Waals surface area contributed by atoms with Crippen LogP contribution in [0.15, 0.2) is 67.0 Å². The molecule has 2 atom stereocenters. The molecule has 1 aromatic heterocycles. The number of aromatic hydroxyl groups is 2. The van der Waals surface area contributed by atoms with Gasteiger partial charge in [0.15, 0.2) is 5.78 Å². The molecule has 3 aromatic rings. The van der Waals surface area contributed by atoms with E-state index in [0.717, 1.165) is 13.0 Å². The highest BCUT2D eigenvalue weighted by Crippen LogP contribution is 2.25. The molecule has 0 unspecified atom stereocenters. The third-order valence-corrected chi connectivity index (χ3v) is 5.93. The summed E-state index contributed by atoms with van der Waals surface area (Å²) in [7, 11) is 0. The zero-order valence-electron chi connectivity index (χ0n) is 19.3. The average molecular weight is 511 g/mol. The number of phenolic OH excluding ortho intramolecular Hbond substituents is 2. The Balaban J connectivity index is 0.00000361. The van der Waals surface area contributed by atoms with Crippen molar-refractivity contribution in [3.05, 3.63) is 89.2 Å². The lowest BCUT2D eigenvalue weighted by molar-refractivity contribution is 0.0882. The second kappa shape index (κ2) is 12.1. The second-order valence-electron chi connectivity index (χ2n) is 8.35. The minimum atomic E-state index is -0.473. The standard InChI is InChI=1S/C26H26N4O5.ClH/c31-19-7-8-23(32)20(14-19)24(33)16-3-5-17(6-4-16)25(34)29-21-2-1-11-28-15-22(21)30-26(35)18-9-12-27-13-10-18;/h3-10,12-14,21-22,28,31-32H,1-2,11,15H2,(H,29,34)(H,30,35);1H/t21-,22-;/m1./s1. The van der Waals surface area contributed by atoms with E-state index in [1.165, 1.54) is 42.5 Å². The topological polar surface area (TPSA) is 141 Å². The number of aromatic nitrogens is 1. The molecule has 0 bridgehead atoms. The van der Waals surface area contributed by atoms with Gasteiger partial charge in [-0.05, 0) is 61.9 Å². The summed E-state index contributed by atoms with van der Waals surface area (Å²) in [4.78, 5) is 42.2. The molecular formula is C26H27ClN4O5. The third-order valence-electron chi connectivity index (χ3n) is 5.93. The van der Waals surface area contributed by atoms with Crippen molar-refractivity contribution in [1.29, 1.82) is 0 Å². The number of carbonyl (C=O) groups is 3. The molecule has 10 heteroatoms. The number of carbonyl (C=O) groups excluding carboxylic acids is 3. The maximum absolute atomic E-state index is 13.0. The number of rotatable bonds is 6. The monoisotopic (exact) mass is 510 g/mol. The Kier molecular flexibility index (Phi) is 8.99. The van der Waals surface area contributed by atoms with Gasteiger partial charge >= 0.3 is 0 Å². The van der Waals surface area contributed by atoms with Crippen molar-refractivity contribution in [2.24, 2.45) is 0 Å². The number of hydrogen-bond donors (Lipinski definition) is 5. The summed E-state index contributed by atoms with van der Waals surface area (Å²) < 4.78 is 0. The van der Waals surface area contributed by atoms with Crippen LogP contribution in [0.1, 0.15) is 49.5 Å². The molecule has 188 valence electrons. The quantitative estimate of drug-likeness (QED) is 0.253. The Morgan fingerprint density at radius 2 is 1.44 bits per heavy atom. The molecule has 1 saturated heterocycles. The number of pyridine rings is 1. The molecule has 4 rings (SSSR count). The highest BCUT2D eigenvalue weighted by atomic mass is 35.5. The van der Waals surface area contributed by atoms with Gasteiger partial charge in [-0.3, -0.25) is 19.4 Å². The number of nitrogens with zero attached hydrogens (tertiary/aromatic N) is 1. The normalized spacial score (nSPS) is 17.2. The molecule has 1 fully saturated rings. The number of phenols is 2. The fourth-order valence-electron chi connectivity index (χ4n) is 4.01. The van der Waals surface area contributed by atoms with E-state index in [0.29, 0.717) is 24.1 Å². The van der Waals surface area contributed by atoms with Crippen LogP contribution < -0.4 is 16.0 Å². The molecule has 2 aromatic carbocycles. The van der Waals surface area contributed by atoms with Gasteiger partial charge in [-0.25, -0.2) is 0 Å². The molecular weight excluding hydrogens is 484 g/mol. The van der Waals surface area contributed by atoms with E-state index in [4.69, 9.17) is 0 Å². The predicted octanol–water partition coefficient (Wildman–Crippen LogP) is 2.43. The summed E-state index contributed by atoms with van der Waals surface area (Å²) in [6.45, 7) is 1.30. The fourth-order valence-corrected chi connectivity index (χ4v) is 4.01. The molecule has 36 heavy (non-hydrogen) atoms. The van der Waals surface area contributed by atoms with Crippen molar-refractivity contribution >= 4 is 30.0 Å². The van der Waals surface area contributed by atoms with Crippen molar-refractivity contribution < 1.29 is 24.6 Å². The highest BCUT2D eigenvalue weighted by molar-refractivity contribution is 6.11. The first-order valence-electron chi connectivity index (χ1n) is 11.3. The summed E-state index contributed by atoms with van der Waals surface area (Å²) in [5, 5.41) is 28.9. The summed E-state index contributed by atoms with van der Waals surface area (Å²) in [6, 6.07) is 12.5. The second-order valence-corrected chi connectivity index (χ2v) is 8.35. The molecule has 0 spiro atoms. The van der Waals surface area contributed by atoms with Crippen LogP contribution in [0.2, 0.25) is 0 Å². The lowest BCUT2D eigenvalue weighted by Crippen LogP contribution is -2.54. The van der Waals surface area contributed by atoms with E-state index >= 15 is 0 Å². The molecule has 0 radical (unpaired) electrons. The zero-order valence-corrected chi connectivity index (χ0v) is 20.1. The van der Waals surface area contributed by atoms with Gasteiger partial charge in [0.05, 0.1) is 17.6 Å². The summed E-state index contributed by atoms with van der Waals surface area (Å²) in [5.74, 6) is -1.40. The van der Waals surface area contributed by atoms with E-state index in [1.807, 2.05) is 0 Å². The van der Waals surface area contributed by atoms with Gasteiger partial charge in [0.25, 0.3) is 11.8 Å². The lowest BCUT2D eigenvalue weighted by Gasteiger charge is -2.27. The van der Waals surface area contributed by atoms with Gasteiger partial charge in [-0.15, -0.1) is 12.4 Å². The van der Waals surface area contributed by atoms with E-state index < -0.39 is 5.78 Å². The van der Waals surface area contributed by atoms with E-state index in [1.54, 1.807) is 24.5 Å². The number of benzene rings is 2. The summed E-state index contributed by atoms with van der Waals surface area (Å²) in [5.41, 5.74) is 1.09. The van der Waals surface area contributed by atoms with E-state index in [9.17, 15) is 24.6 Å². The molecule has 0 saturated carbocycles. The van der Waals surface area contributed by atoms with Crippen LogP contribution in [0.25, 0.3) is 0 Å². The first-order valence-corrected chi connectivity index (χ1v) is 11.3. The van der Waals surface area contributed by atoms with Gasteiger partial charge in [-0.1, -0.05) is 12.1 Å². The average Bonchev–Trinajstić information content (AvgIpc) is 3.10. The first kappa shape index (κ1) is 26.7. The predicted molar refractivity (Wildman–Crippen MR) is 136 cm³/mol. The molecule has 0 aliphatic carbocycles. The molecule has 2 amide bonds. The Morgan fingerprint density at radius 3 is 2.14 bits per heavy atom. The summed E-state index contributed by atoms with van der Waals surface area (Å²) >= 11 is 0. The van der Waals surface area contributed by atoms with Crippen molar-refractivity contribution in [3.8, 4) is 11.5 Å². The van der Waals surface area contributed by atoms with Gasteiger partial charge in [-0.2, -0.15) is 0 Å². The maximum atomic E-state index is 13.0. The third kappa shape index (κ3) is 6.38. The zero-order chi connectivity index (χ0) is 24.8. The van der Waals surface area contributed by atoms with Crippen LogP contribution >= 0.6 is 12.4 Å². The minimum absolute atomic E-state index is 0. The van der Waals surface area contributed by atoms with Crippen LogP contribution in [0.3, 0.4) is 0 Å². The highest BCUT2D eigenvalue weighted by Gasteiger charge is 2.27. The number of ketones is 1. The smallest absolute Gasteiger partial charge is 0.251 e. The Labute approximate surface area is 214 Å². The molecule has 2 heterocycles. The first-order chi connectivity index (χ1) is 16.9. The van der Waals surface area contributed by atoms with Crippen molar-refractivity contribution in [2.75, 3.05) is 13.1 Å². The van der Waals surface area contributed by atoms with Crippen LogP contribution in [0.4, 0.5) is 0 Å². The lowest BCUT2D eigenvalue weighted by atomic mass is 10.00. The van der Waals surface area contributed by atoms with Gasteiger partial charge in [0.2, 0.25) is 0 Å². The van der Waals surface area contributed by atoms with Crippen molar-refractivity contribution in [1.82, 2.24) is 20.9 Å². The Morgan fingerprint density at radius 1 is 0.833 bits per heavy atom. The SMILES string of the molecule is Cl.O=C(N[C@@H]1CCCNC[C@H]1NC(=O)c1ccncc1)c1ccc(C(=O)c2cc(O)ccc2O)cc1. The Hall–Kier alpha value is -3.95. The van der Waals surface area contributed by atoms with Crippen LogP contribution in [-0.2, 0) is 0 Å². The van der Waals surface area contributed by atoms with Crippen LogP contribution in [0, 0.1) is 0 Å². The minimum Gasteiger partial charge on any atom is -0.508 e. The van der Waals surface area contributed by atoms with Crippen LogP contribution in [-0.4, -0.2) is 58.0 Å². The van der Waals surface area contributed by atoms with Crippen LogP contribution in [0.5, 0.6) is 11.5 Å². The van der Waals surface area contributed by atoms with Gasteiger partial charge in [0, 0.05) is 35.6 Å². The number of hydrogen-bond acceptors (Lipinski definition) is 7. The Bertz CT molecular complexity index is 1220. The van der Waals surface area contributed by atoms with E-state index in [2.05, 4.69) is 20.9 Å². The largest absolute Gasteiger partial charge is 0.508 e. The van der Waals surface area contributed by atoms with Crippen molar-refractivity contribution in [2.45, 2.75) is 24.9 Å². The number of halogens is 1. The number of nitrogens with one attached hydrogen (secondary N) is 3. The van der Waals surface area contributed by atoms with E-state index in [-0.39, 0.29) is 58.9 Å². The number of amides is 2. The molecule has 1 aliphatic rings. The van der Waals surface area contributed by atoms with Crippen molar-refractivity contribution in [3.63, 3.8) is 0 Å². The van der Waals surface area contributed by atoms with Gasteiger partial charge < -0.3 is 26.2 Å². The fraction of sp³-hybridized carbons (Fsp3) is 0.231. The van der Waals surface area contributed by atoms with Gasteiger partial charge in [0.1, 0.15) is 11.5 Å². The summed E-state index contributed by atoms with van der Waals surface area (Å²) in [6.07, 6.45) is 4.63.